The Bertz CT molecular complexity index is 1340. The van der Waals surface area contributed by atoms with Crippen molar-refractivity contribution >= 4 is 17.3 Å². The van der Waals surface area contributed by atoms with Gasteiger partial charge in [-0.05, 0) is 55.3 Å². The van der Waals surface area contributed by atoms with Gasteiger partial charge in [0.1, 0.15) is 29.0 Å². The second-order valence-corrected chi connectivity index (χ2v) is 8.60. The van der Waals surface area contributed by atoms with Crippen molar-refractivity contribution in [3.05, 3.63) is 71.9 Å². The normalized spacial score (nSPS) is 18.7. The van der Waals surface area contributed by atoms with E-state index in [1.54, 1.807) is 10.7 Å². The van der Waals surface area contributed by atoms with Crippen LogP contribution in [0.4, 0.5) is 20.4 Å². The average molecular weight is 463 g/mol. The summed E-state index contributed by atoms with van der Waals surface area (Å²) in [5.74, 6) is 0.761. The number of aromatic nitrogens is 4. The van der Waals surface area contributed by atoms with Gasteiger partial charge in [0.2, 0.25) is 0 Å². The fraction of sp³-hybridized carbons (Fsp3) is 0.320. The van der Waals surface area contributed by atoms with E-state index in [2.05, 4.69) is 9.88 Å². The number of fused-ring (bicyclic) bond motifs is 1. The molecule has 2 aliphatic heterocycles. The summed E-state index contributed by atoms with van der Waals surface area (Å²) in [4.78, 5) is 13.6. The molecule has 1 atom stereocenters. The number of rotatable bonds is 4. The van der Waals surface area contributed by atoms with Crippen LogP contribution >= 0.6 is 0 Å². The van der Waals surface area contributed by atoms with Gasteiger partial charge in [-0.15, -0.1) is 5.10 Å². The van der Waals surface area contributed by atoms with Gasteiger partial charge in [-0.1, -0.05) is 6.07 Å². The third-order valence-corrected chi connectivity index (χ3v) is 6.54. The third-order valence-electron chi connectivity index (χ3n) is 6.54. The molecule has 0 saturated carbocycles. The predicted molar refractivity (Wildman–Crippen MR) is 125 cm³/mol. The molecule has 0 amide bonds. The Morgan fingerprint density at radius 1 is 0.941 bits per heavy atom. The standard InChI is InChI=1S/C25H24F2N6O/c26-17-6-7-19(27)18(15-17)21-4-2-10-32(21)25-9-8-23-28-16-22(33(23)30-25)20-3-1-5-24(29-20)31-11-13-34-14-12-31/h1,3,5-9,15-16,21H,2,4,10-14H2. The van der Waals surface area contributed by atoms with Gasteiger partial charge in [0.05, 0.1) is 31.1 Å². The smallest absolute Gasteiger partial charge is 0.154 e. The third kappa shape index (κ3) is 3.75. The summed E-state index contributed by atoms with van der Waals surface area (Å²) in [6.45, 7) is 3.70. The van der Waals surface area contributed by atoms with Crippen molar-refractivity contribution in [3.63, 3.8) is 0 Å². The minimum atomic E-state index is -0.435. The molecule has 1 aromatic carbocycles. The second kappa shape index (κ2) is 8.64. The zero-order valence-corrected chi connectivity index (χ0v) is 18.6. The zero-order valence-electron chi connectivity index (χ0n) is 18.6. The second-order valence-electron chi connectivity index (χ2n) is 8.60. The van der Waals surface area contributed by atoms with Gasteiger partial charge in [0, 0.05) is 25.2 Å². The lowest BCUT2D eigenvalue weighted by atomic mass is 10.0. The van der Waals surface area contributed by atoms with E-state index < -0.39 is 11.6 Å². The van der Waals surface area contributed by atoms with Gasteiger partial charge in [0.15, 0.2) is 5.65 Å². The molecule has 2 aliphatic rings. The van der Waals surface area contributed by atoms with E-state index in [1.165, 1.54) is 12.1 Å². The lowest BCUT2D eigenvalue weighted by molar-refractivity contribution is 0.122. The molecule has 1 unspecified atom stereocenters. The molecule has 0 aliphatic carbocycles. The summed E-state index contributed by atoms with van der Waals surface area (Å²) in [5.41, 5.74) is 2.62. The van der Waals surface area contributed by atoms with Gasteiger partial charge in [-0.2, -0.15) is 0 Å². The molecule has 34 heavy (non-hydrogen) atoms. The summed E-state index contributed by atoms with van der Waals surface area (Å²) < 4.78 is 35.6. The number of imidazole rings is 1. The average Bonchev–Trinajstić information content (AvgIpc) is 3.53. The van der Waals surface area contributed by atoms with E-state index in [4.69, 9.17) is 14.8 Å². The van der Waals surface area contributed by atoms with Crippen molar-refractivity contribution in [3.8, 4) is 11.4 Å². The molecule has 7 nitrogen and oxygen atoms in total. The number of morpholine rings is 1. The van der Waals surface area contributed by atoms with E-state index in [0.29, 0.717) is 36.8 Å². The van der Waals surface area contributed by atoms with Crippen LogP contribution in [0.3, 0.4) is 0 Å². The molecule has 0 spiro atoms. The molecule has 9 heteroatoms. The molecule has 3 aromatic heterocycles. The van der Waals surface area contributed by atoms with Crippen molar-refractivity contribution in [2.75, 3.05) is 42.6 Å². The highest BCUT2D eigenvalue weighted by atomic mass is 19.1. The molecular formula is C25H24F2N6O. The Hall–Kier alpha value is -3.59. The first kappa shape index (κ1) is 21.0. The van der Waals surface area contributed by atoms with Crippen LogP contribution in [0.15, 0.2) is 54.7 Å². The van der Waals surface area contributed by atoms with E-state index >= 15 is 0 Å². The van der Waals surface area contributed by atoms with Crippen LogP contribution in [0, 0.1) is 11.6 Å². The van der Waals surface area contributed by atoms with Crippen LogP contribution in [-0.2, 0) is 4.74 Å². The first-order chi connectivity index (χ1) is 16.7. The molecule has 2 fully saturated rings. The summed E-state index contributed by atoms with van der Waals surface area (Å²) in [6, 6.07) is 13.1. The Morgan fingerprint density at radius 3 is 2.71 bits per heavy atom. The minimum absolute atomic E-state index is 0.268. The fourth-order valence-corrected chi connectivity index (χ4v) is 4.86. The summed E-state index contributed by atoms with van der Waals surface area (Å²) in [7, 11) is 0. The van der Waals surface area contributed by atoms with E-state index in [9.17, 15) is 8.78 Å². The van der Waals surface area contributed by atoms with Crippen molar-refractivity contribution in [1.82, 2.24) is 19.6 Å². The highest BCUT2D eigenvalue weighted by molar-refractivity contribution is 5.62. The Balaban J connectivity index is 1.36. The van der Waals surface area contributed by atoms with Crippen LogP contribution in [0.5, 0.6) is 0 Å². The molecule has 6 rings (SSSR count). The molecule has 5 heterocycles. The first-order valence-corrected chi connectivity index (χ1v) is 11.5. The number of anilines is 2. The molecule has 0 N–H and O–H groups in total. The van der Waals surface area contributed by atoms with Crippen molar-refractivity contribution in [1.29, 1.82) is 0 Å². The topological polar surface area (TPSA) is 58.8 Å². The van der Waals surface area contributed by atoms with Crippen LogP contribution in [0.25, 0.3) is 17.0 Å². The lowest BCUT2D eigenvalue weighted by Gasteiger charge is -2.28. The zero-order chi connectivity index (χ0) is 23.1. The highest BCUT2D eigenvalue weighted by Crippen LogP contribution is 2.37. The molecular weight excluding hydrogens is 438 g/mol. The Kier molecular flexibility index (Phi) is 5.33. The largest absolute Gasteiger partial charge is 0.378 e. The van der Waals surface area contributed by atoms with Gasteiger partial charge >= 0.3 is 0 Å². The predicted octanol–water partition coefficient (Wildman–Crippen LogP) is 4.25. The summed E-state index contributed by atoms with van der Waals surface area (Å²) >= 11 is 0. The Morgan fingerprint density at radius 2 is 1.82 bits per heavy atom. The maximum Gasteiger partial charge on any atom is 0.154 e. The van der Waals surface area contributed by atoms with Crippen molar-refractivity contribution in [2.45, 2.75) is 18.9 Å². The quantitative estimate of drug-likeness (QED) is 0.452. The van der Waals surface area contributed by atoms with Gasteiger partial charge in [0.25, 0.3) is 0 Å². The van der Waals surface area contributed by atoms with Crippen molar-refractivity contribution < 1.29 is 13.5 Å². The number of pyridine rings is 1. The maximum atomic E-state index is 14.5. The molecule has 4 aromatic rings. The summed E-state index contributed by atoms with van der Waals surface area (Å²) in [5, 5.41) is 4.85. The van der Waals surface area contributed by atoms with E-state index in [1.807, 2.05) is 35.2 Å². The fourth-order valence-electron chi connectivity index (χ4n) is 4.86. The van der Waals surface area contributed by atoms with Gasteiger partial charge in [-0.25, -0.2) is 23.3 Å². The molecule has 0 bridgehead atoms. The molecule has 174 valence electrons. The van der Waals surface area contributed by atoms with Crippen LogP contribution in [0.1, 0.15) is 24.4 Å². The number of ether oxygens (including phenoxy) is 1. The van der Waals surface area contributed by atoms with Gasteiger partial charge < -0.3 is 14.5 Å². The van der Waals surface area contributed by atoms with Crippen LogP contribution in [0.2, 0.25) is 0 Å². The summed E-state index contributed by atoms with van der Waals surface area (Å²) in [6.07, 6.45) is 3.38. The number of hydrogen-bond acceptors (Lipinski definition) is 6. The molecule has 2 saturated heterocycles. The van der Waals surface area contributed by atoms with Crippen LogP contribution < -0.4 is 9.80 Å². The van der Waals surface area contributed by atoms with Crippen molar-refractivity contribution in [2.24, 2.45) is 0 Å². The number of nitrogens with zero attached hydrogens (tertiary/aromatic N) is 6. The number of hydrogen-bond donors (Lipinski definition) is 0. The highest BCUT2D eigenvalue weighted by Gasteiger charge is 2.30. The SMILES string of the molecule is Fc1ccc(F)c(C2CCCN2c2ccc3ncc(-c4cccc(N5CCOCC5)n4)n3n2)c1. The minimum Gasteiger partial charge on any atom is -0.378 e. The monoisotopic (exact) mass is 462 g/mol. The van der Waals surface area contributed by atoms with Gasteiger partial charge in [-0.3, -0.25) is 0 Å². The first-order valence-electron chi connectivity index (χ1n) is 11.5. The van der Waals surface area contributed by atoms with E-state index in [-0.39, 0.29) is 6.04 Å². The van der Waals surface area contributed by atoms with E-state index in [0.717, 1.165) is 49.2 Å². The number of benzene rings is 1. The Labute approximate surface area is 195 Å². The lowest BCUT2D eigenvalue weighted by Crippen LogP contribution is -2.36. The molecule has 0 radical (unpaired) electrons. The van der Waals surface area contributed by atoms with Crippen LogP contribution in [-0.4, -0.2) is 52.4 Å². The maximum absolute atomic E-state index is 14.5. The number of halogens is 2.